The summed E-state index contributed by atoms with van der Waals surface area (Å²) in [4.78, 5) is 4.14. The van der Waals surface area contributed by atoms with Gasteiger partial charge in [-0.3, -0.25) is 4.98 Å². The van der Waals surface area contributed by atoms with Gasteiger partial charge < -0.3 is 11.1 Å². The second kappa shape index (κ2) is 4.61. The molecular weight excluding hydrogens is 234 g/mol. The molecule has 0 aliphatic heterocycles. The minimum Gasteiger partial charge on any atom is -0.399 e. The van der Waals surface area contributed by atoms with Crippen LogP contribution in [-0.4, -0.2) is 4.98 Å². The van der Waals surface area contributed by atoms with Gasteiger partial charge in [0.15, 0.2) is 0 Å². The van der Waals surface area contributed by atoms with E-state index in [-0.39, 0.29) is 0 Å². The van der Waals surface area contributed by atoms with Crippen molar-refractivity contribution in [3.05, 3.63) is 60.4 Å². The molecule has 0 saturated carbocycles. The van der Waals surface area contributed by atoms with Crippen molar-refractivity contribution in [3.8, 4) is 0 Å². The number of hydrogen-bond donors (Lipinski definition) is 2. The van der Waals surface area contributed by atoms with Gasteiger partial charge in [0, 0.05) is 40.2 Å². The molecule has 0 radical (unpaired) electrons. The van der Waals surface area contributed by atoms with E-state index in [1.807, 2.05) is 36.5 Å². The third kappa shape index (κ3) is 2.22. The Kier molecular flexibility index (Phi) is 2.80. The summed E-state index contributed by atoms with van der Waals surface area (Å²) in [6.45, 7) is 2.06. The lowest BCUT2D eigenvalue weighted by Gasteiger charge is -2.12. The van der Waals surface area contributed by atoms with Crippen LogP contribution in [0.3, 0.4) is 0 Å². The fraction of sp³-hybridized carbons (Fsp3) is 0.0625. The maximum atomic E-state index is 5.84. The molecule has 3 N–H and O–H groups in total. The number of nitrogen functional groups attached to an aromatic ring is 1. The van der Waals surface area contributed by atoms with E-state index in [0.29, 0.717) is 0 Å². The van der Waals surface area contributed by atoms with Crippen molar-refractivity contribution in [2.75, 3.05) is 11.1 Å². The number of nitrogens with two attached hydrogens (primary N) is 1. The standard InChI is InChI=1S/C16H15N3/c1-11-5-6-13(17)9-16(11)19-15-4-2-3-12-10-18-8-7-14(12)15/h2-10,19H,17H2,1H3. The van der Waals surface area contributed by atoms with Crippen LogP contribution in [0.4, 0.5) is 17.1 Å². The summed E-state index contributed by atoms with van der Waals surface area (Å²) in [5.74, 6) is 0. The summed E-state index contributed by atoms with van der Waals surface area (Å²) >= 11 is 0. The van der Waals surface area contributed by atoms with Crippen molar-refractivity contribution in [3.63, 3.8) is 0 Å². The first-order valence-corrected chi connectivity index (χ1v) is 6.20. The highest BCUT2D eigenvalue weighted by Crippen LogP contribution is 2.28. The zero-order valence-corrected chi connectivity index (χ0v) is 10.7. The molecular formula is C16H15N3. The van der Waals surface area contributed by atoms with Crippen LogP contribution in [0.25, 0.3) is 10.8 Å². The van der Waals surface area contributed by atoms with Gasteiger partial charge in [-0.05, 0) is 36.8 Å². The van der Waals surface area contributed by atoms with Crippen LogP contribution >= 0.6 is 0 Å². The summed E-state index contributed by atoms with van der Waals surface area (Å²) in [6.07, 6.45) is 3.67. The predicted octanol–water partition coefficient (Wildman–Crippen LogP) is 3.87. The normalized spacial score (nSPS) is 10.6. The molecule has 0 bridgehead atoms. The Labute approximate surface area is 112 Å². The lowest BCUT2D eigenvalue weighted by Crippen LogP contribution is -1.96. The third-order valence-corrected chi connectivity index (χ3v) is 3.21. The maximum Gasteiger partial charge on any atom is 0.0465 e. The highest BCUT2D eigenvalue weighted by atomic mass is 14.9. The Hall–Kier alpha value is -2.55. The van der Waals surface area contributed by atoms with Crippen LogP contribution in [0.1, 0.15) is 5.56 Å². The van der Waals surface area contributed by atoms with Crippen molar-refractivity contribution in [2.45, 2.75) is 6.92 Å². The van der Waals surface area contributed by atoms with Gasteiger partial charge in [0.25, 0.3) is 0 Å². The number of nitrogens with one attached hydrogen (secondary N) is 1. The smallest absolute Gasteiger partial charge is 0.0465 e. The molecule has 1 heterocycles. The Morgan fingerprint density at radius 1 is 1.05 bits per heavy atom. The molecule has 0 aliphatic rings. The molecule has 0 amide bonds. The summed E-state index contributed by atoms with van der Waals surface area (Å²) in [6, 6.07) is 14.0. The van der Waals surface area contributed by atoms with E-state index in [1.165, 1.54) is 5.56 Å². The first-order chi connectivity index (χ1) is 9.24. The minimum atomic E-state index is 0.759. The van der Waals surface area contributed by atoms with Crippen LogP contribution in [0.15, 0.2) is 54.9 Å². The van der Waals surface area contributed by atoms with Crippen LogP contribution in [0.2, 0.25) is 0 Å². The highest BCUT2D eigenvalue weighted by molar-refractivity contribution is 5.95. The summed E-state index contributed by atoms with van der Waals surface area (Å²) in [5, 5.41) is 5.72. The van der Waals surface area contributed by atoms with Gasteiger partial charge >= 0.3 is 0 Å². The van der Waals surface area contributed by atoms with Gasteiger partial charge in [-0.1, -0.05) is 18.2 Å². The molecule has 0 fully saturated rings. The fourth-order valence-electron chi connectivity index (χ4n) is 2.15. The number of nitrogens with zero attached hydrogens (tertiary/aromatic N) is 1. The van der Waals surface area contributed by atoms with Crippen LogP contribution in [-0.2, 0) is 0 Å². The molecule has 0 aliphatic carbocycles. The molecule has 3 rings (SSSR count). The lowest BCUT2D eigenvalue weighted by atomic mass is 10.1. The molecule has 0 saturated heterocycles. The van der Waals surface area contributed by atoms with E-state index in [4.69, 9.17) is 5.73 Å². The number of aromatic nitrogens is 1. The van der Waals surface area contributed by atoms with Crippen molar-refractivity contribution < 1.29 is 0 Å². The van der Waals surface area contributed by atoms with Gasteiger partial charge in [-0.2, -0.15) is 0 Å². The maximum absolute atomic E-state index is 5.84. The van der Waals surface area contributed by atoms with Gasteiger partial charge in [-0.25, -0.2) is 0 Å². The fourth-order valence-corrected chi connectivity index (χ4v) is 2.15. The molecule has 3 aromatic rings. The van der Waals surface area contributed by atoms with Crippen molar-refractivity contribution >= 4 is 27.8 Å². The second-order valence-electron chi connectivity index (χ2n) is 4.60. The minimum absolute atomic E-state index is 0.759. The molecule has 2 aromatic carbocycles. The highest BCUT2D eigenvalue weighted by Gasteiger charge is 2.03. The molecule has 0 spiro atoms. The molecule has 1 aromatic heterocycles. The monoisotopic (exact) mass is 249 g/mol. The van der Waals surface area contributed by atoms with Gasteiger partial charge in [0.2, 0.25) is 0 Å². The first-order valence-electron chi connectivity index (χ1n) is 6.20. The van der Waals surface area contributed by atoms with Crippen LogP contribution in [0.5, 0.6) is 0 Å². The molecule has 94 valence electrons. The SMILES string of the molecule is Cc1ccc(N)cc1Nc1cccc2cnccc12. The third-order valence-electron chi connectivity index (χ3n) is 3.21. The second-order valence-corrected chi connectivity index (χ2v) is 4.60. The molecule has 0 unspecified atom stereocenters. The van der Waals surface area contributed by atoms with E-state index in [0.717, 1.165) is 27.8 Å². The van der Waals surface area contributed by atoms with E-state index in [2.05, 4.69) is 29.4 Å². The number of rotatable bonds is 2. The van der Waals surface area contributed by atoms with Crippen molar-refractivity contribution in [1.29, 1.82) is 0 Å². The van der Waals surface area contributed by atoms with Crippen molar-refractivity contribution in [1.82, 2.24) is 4.98 Å². The average Bonchev–Trinajstić information content (AvgIpc) is 2.43. The Balaban J connectivity index is 2.08. The largest absolute Gasteiger partial charge is 0.399 e. The number of pyridine rings is 1. The number of hydrogen-bond acceptors (Lipinski definition) is 3. The molecule has 3 nitrogen and oxygen atoms in total. The first kappa shape index (κ1) is 11.5. The Morgan fingerprint density at radius 3 is 2.84 bits per heavy atom. The topological polar surface area (TPSA) is 50.9 Å². The van der Waals surface area contributed by atoms with E-state index in [1.54, 1.807) is 6.20 Å². The quantitative estimate of drug-likeness (QED) is 0.678. The number of anilines is 3. The summed E-state index contributed by atoms with van der Waals surface area (Å²) in [7, 11) is 0. The number of fused-ring (bicyclic) bond motifs is 1. The molecule has 0 atom stereocenters. The van der Waals surface area contributed by atoms with Gasteiger partial charge in [0.05, 0.1) is 0 Å². The van der Waals surface area contributed by atoms with E-state index >= 15 is 0 Å². The predicted molar refractivity (Wildman–Crippen MR) is 80.6 cm³/mol. The number of aryl methyl sites for hydroxylation is 1. The number of benzene rings is 2. The van der Waals surface area contributed by atoms with E-state index < -0.39 is 0 Å². The van der Waals surface area contributed by atoms with Crippen LogP contribution < -0.4 is 11.1 Å². The lowest BCUT2D eigenvalue weighted by molar-refractivity contribution is 1.36. The zero-order valence-electron chi connectivity index (χ0n) is 10.7. The summed E-state index contributed by atoms with van der Waals surface area (Å²) < 4.78 is 0. The average molecular weight is 249 g/mol. The van der Waals surface area contributed by atoms with Crippen LogP contribution in [0, 0.1) is 6.92 Å². The van der Waals surface area contributed by atoms with Gasteiger partial charge in [-0.15, -0.1) is 0 Å². The van der Waals surface area contributed by atoms with Crippen molar-refractivity contribution in [2.24, 2.45) is 0 Å². The van der Waals surface area contributed by atoms with E-state index in [9.17, 15) is 0 Å². The molecule has 19 heavy (non-hydrogen) atoms. The Bertz CT molecular complexity index is 730. The van der Waals surface area contributed by atoms with Gasteiger partial charge in [0.1, 0.15) is 0 Å². The zero-order chi connectivity index (χ0) is 13.2. The molecule has 3 heteroatoms. The summed E-state index contributed by atoms with van der Waals surface area (Å²) in [5.41, 5.74) is 9.87. The Morgan fingerprint density at radius 2 is 1.95 bits per heavy atom.